The number of nitrogens with zero attached hydrogens (tertiary/aromatic N) is 1. The summed E-state index contributed by atoms with van der Waals surface area (Å²) in [5, 5.41) is 4.09. The van der Waals surface area contributed by atoms with E-state index in [0.717, 1.165) is 28.2 Å². The van der Waals surface area contributed by atoms with Crippen LogP contribution in [0.3, 0.4) is 0 Å². The molecule has 0 saturated heterocycles. The number of allylic oxidation sites excluding steroid dienone is 1. The van der Waals surface area contributed by atoms with Crippen LogP contribution in [0.25, 0.3) is 0 Å². The molecule has 0 fully saturated rings. The van der Waals surface area contributed by atoms with Crippen LogP contribution in [0.4, 0.5) is 11.4 Å². The Morgan fingerprint density at radius 3 is 2.28 bits per heavy atom. The highest BCUT2D eigenvalue weighted by molar-refractivity contribution is 6.31. The zero-order valence-corrected chi connectivity index (χ0v) is 21.9. The van der Waals surface area contributed by atoms with Gasteiger partial charge in [0, 0.05) is 29.6 Å². The van der Waals surface area contributed by atoms with Crippen LogP contribution in [0, 0.1) is 0 Å². The molecule has 1 amide bonds. The largest absolute Gasteiger partial charge is 0.357 e. The van der Waals surface area contributed by atoms with Gasteiger partial charge in [0.15, 0.2) is 5.78 Å². The number of para-hydroxylation sites is 2. The summed E-state index contributed by atoms with van der Waals surface area (Å²) in [6.07, 6.45) is 1.06. The second-order valence-electron chi connectivity index (χ2n) is 10.7. The van der Waals surface area contributed by atoms with E-state index >= 15 is 0 Å². The van der Waals surface area contributed by atoms with E-state index in [1.165, 1.54) is 5.56 Å². The molecule has 5 heteroatoms. The molecule has 0 aromatic heterocycles. The number of rotatable bonds is 2. The normalized spacial score (nSPS) is 19.8. The van der Waals surface area contributed by atoms with Gasteiger partial charge in [0.1, 0.15) is 0 Å². The van der Waals surface area contributed by atoms with E-state index in [9.17, 15) is 9.59 Å². The van der Waals surface area contributed by atoms with Gasteiger partial charge in [-0.3, -0.25) is 14.5 Å². The highest BCUT2D eigenvalue weighted by Gasteiger charge is 2.41. The first-order valence-corrected chi connectivity index (χ1v) is 12.8. The van der Waals surface area contributed by atoms with E-state index in [1.807, 2.05) is 48.5 Å². The summed E-state index contributed by atoms with van der Waals surface area (Å²) in [7, 11) is 0. The van der Waals surface area contributed by atoms with Crippen molar-refractivity contribution < 1.29 is 9.59 Å². The van der Waals surface area contributed by atoms with Gasteiger partial charge in [-0.2, -0.15) is 0 Å². The van der Waals surface area contributed by atoms with Crippen LogP contribution in [0.5, 0.6) is 0 Å². The van der Waals surface area contributed by atoms with Crippen molar-refractivity contribution in [2.75, 3.05) is 10.2 Å². The summed E-state index contributed by atoms with van der Waals surface area (Å²) in [6, 6.07) is 23.3. The number of benzene rings is 3. The van der Waals surface area contributed by atoms with Crippen molar-refractivity contribution in [2.45, 2.75) is 57.9 Å². The molecule has 36 heavy (non-hydrogen) atoms. The van der Waals surface area contributed by atoms with Crippen LogP contribution in [-0.2, 0) is 15.0 Å². The van der Waals surface area contributed by atoms with Gasteiger partial charge in [-0.15, -0.1) is 0 Å². The summed E-state index contributed by atoms with van der Waals surface area (Å²) in [5.41, 5.74) is 6.28. The van der Waals surface area contributed by atoms with Crippen LogP contribution in [0.2, 0.25) is 5.02 Å². The topological polar surface area (TPSA) is 49.4 Å². The summed E-state index contributed by atoms with van der Waals surface area (Å²) >= 11 is 6.67. The molecule has 2 atom stereocenters. The van der Waals surface area contributed by atoms with Crippen molar-refractivity contribution in [3.63, 3.8) is 0 Å². The third kappa shape index (κ3) is 4.35. The van der Waals surface area contributed by atoms with Crippen LogP contribution in [-0.4, -0.2) is 11.7 Å². The van der Waals surface area contributed by atoms with Crippen molar-refractivity contribution in [1.82, 2.24) is 0 Å². The molecular weight excluding hydrogens is 468 g/mol. The van der Waals surface area contributed by atoms with Gasteiger partial charge in [-0.25, -0.2) is 0 Å². The SMILES string of the molecule is CC(=O)N1c2ccccc2NC2=C(C(=O)C[C@@H](c3ccc(C(C)(C)C)cc3)C2)[C@@H]1c1ccccc1Cl. The molecular formula is C31H31ClN2O2. The number of fused-ring (bicyclic) bond motifs is 1. The van der Waals surface area contributed by atoms with E-state index in [4.69, 9.17) is 11.6 Å². The first kappa shape index (κ1) is 24.3. The quantitative estimate of drug-likeness (QED) is 0.396. The summed E-state index contributed by atoms with van der Waals surface area (Å²) in [4.78, 5) is 28.7. The number of halogens is 1. The zero-order valence-electron chi connectivity index (χ0n) is 21.1. The number of amides is 1. The lowest BCUT2D eigenvalue weighted by molar-refractivity contribution is -0.117. The van der Waals surface area contributed by atoms with Crippen molar-refractivity contribution in [1.29, 1.82) is 0 Å². The van der Waals surface area contributed by atoms with Gasteiger partial charge in [-0.1, -0.05) is 87.0 Å². The van der Waals surface area contributed by atoms with Crippen molar-refractivity contribution in [3.05, 3.63) is 106 Å². The second kappa shape index (κ2) is 9.25. The van der Waals surface area contributed by atoms with E-state index in [0.29, 0.717) is 23.4 Å². The predicted octanol–water partition coefficient (Wildman–Crippen LogP) is 7.56. The smallest absolute Gasteiger partial charge is 0.224 e. The van der Waals surface area contributed by atoms with Crippen LogP contribution in [0.15, 0.2) is 84.1 Å². The molecule has 0 spiro atoms. The van der Waals surface area contributed by atoms with E-state index in [2.05, 4.69) is 50.4 Å². The highest BCUT2D eigenvalue weighted by Crippen LogP contribution is 2.48. The van der Waals surface area contributed by atoms with Gasteiger partial charge in [0.25, 0.3) is 0 Å². The highest BCUT2D eigenvalue weighted by atomic mass is 35.5. The number of nitrogens with one attached hydrogen (secondary N) is 1. The van der Waals surface area contributed by atoms with Crippen molar-refractivity contribution >= 4 is 34.7 Å². The molecule has 1 aliphatic heterocycles. The van der Waals surface area contributed by atoms with Crippen molar-refractivity contribution in [2.24, 2.45) is 0 Å². The fourth-order valence-electron chi connectivity index (χ4n) is 5.42. The van der Waals surface area contributed by atoms with Gasteiger partial charge >= 0.3 is 0 Å². The predicted molar refractivity (Wildman–Crippen MR) is 147 cm³/mol. The Morgan fingerprint density at radius 1 is 0.944 bits per heavy atom. The number of anilines is 2. The molecule has 0 radical (unpaired) electrons. The number of carbonyl (C=O) groups is 2. The Kier molecular flexibility index (Phi) is 6.25. The molecule has 0 unspecified atom stereocenters. The fourth-order valence-corrected chi connectivity index (χ4v) is 5.66. The molecule has 1 aliphatic carbocycles. The van der Waals surface area contributed by atoms with Gasteiger partial charge in [0.2, 0.25) is 5.91 Å². The molecule has 5 rings (SSSR count). The Morgan fingerprint density at radius 2 is 1.61 bits per heavy atom. The number of hydrogen-bond donors (Lipinski definition) is 1. The number of carbonyl (C=O) groups excluding carboxylic acids is 2. The average molecular weight is 499 g/mol. The lowest BCUT2D eigenvalue weighted by Gasteiger charge is -2.35. The fraction of sp³-hybridized carbons (Fsp3) is 0.290. The minimum atomic E-state index is -0.598. The van der Waals surface area contributed by atoms with Crippen LogP contribution < -0.4 is 10.2 Å². The Balaban J connectivity index is 1.65. The van der Waals surface area contributed by atoms with E-state index in [-0.39, 0.29) is 23.0 Å². The van der Waals surface area contributed by atoms with Crippen molar-refractivity contribution in [3.8, 4) is 0 Å². The van der Waals surface area contributed by atoms with E-state index in [1.54, 1.807) is 11.8 Å². The zero-order chi connectivity index (χ0) is 25.6. The summed E-state index contributed by atoms with van der Waals surface area (Å²) in [5.74, 6) is -0.0473. The number of hydrogen-bond acceptors (Lipinski definition) is 3. The molecule has 0 bridgehead atoms. The second-order valence-corrected chi connectivity index (χ2v) is 11.2. The molecule has 0 saturated carbocycles. The average Bonchev–Trinajstić information content (AvgIpc) is 2.98. The van der Waals surface area contributed by atoms with Gasteiger partial charge in [-0.05, 0) is 52.6 Å². The summed E-state index contributed by atoms with van der Waals surface area (Å²) < 4.78 is 0. The molecule has 2 aliphatic rings. The molecule has 3 aromatic rings. The maximum atomic E-state index is 13.9. The van der Waals surface area contributed by atoms with Gasteiger partial charge in [0.05, 0.1) is 17.4 Å². The minimum Gasteiger partial charge on any atom is -0.357 e. The Labute approximate surface area is 218 Å². The monoisotopic (exact) mass is 498 g/mol. The molecule has 1 heterocycles. The molecule has 1 N–H and O–H groups in total. The molecule has 184 valence electrons. The molecule has 3 aromatic carbocycles. The Hall–Kier alpha value is -3.37. The number of Topliss-reactive ketones (excluding diaryl/α,β-unsaturated/α-hetero) is 1. The Bertz CT molecular complexity index is 1370. The lowest BCUT2D eigenvalue weighted by Crippen LogP contribution is -2.37. The maximum absolute atomic E-state index is 13.9. The van der Waals surface area contributed by atoms with Gasteiger partial charge < -0.3 is 5.32 Å². The third-order valence-electron chi connectivity index (χ3n) is 7.28. The first-order valence-electron chi connectivity index (χ1n) is 12.4. The van der Waals surface area contributed by atoms with E-state index < -0.39 is 6.04 Å². The summed E-state index contributed by atoms with van der Waals surface area (Å²) in [6.45, 7) is 8.14. The lowest BCUT2D eigenvalue weighted by atomic mass is 9.77. The third-order valence-corrected chi connectivity index (χ3v) is 7.62. The van der Waals surface area contributed by atoms with Crippen LogP contribution >= 0.6 is 11.6 Å². The standard InChI is InChI=1S/C31H31ClN2O2/c1-19(35)34-27-12-8-7-11-25(27)33-26-17-21(20-13-15-22(16-14-20)31(2,3)4)18-28(36)29(26)30(34)23-9-5-6-10-24(23)32/h5-16,21,30,33H,17-18H2,1-4H3/t21-,30-/m0/s1. The maximum Gasteiger partial charge on any atom is 0.224 e. The molecule has 4 nitrogen and oxygen atoms in total. The first-order chi connectivity index (χ1) is 17.1. The van der Waals surface area contributed by atoms with Crippen LogP contribution in [0.1, 0.15) is 69.2 Å². The minimum absolute atomic E-state index is 0.0395. The number of ketones is 1.